The summed E-state index contributed by atoms with van der Waals surface area (Å²) in [7, 11) is 0. The van der Waals surface area contributed by atoms with Crippen LogP contribution >= 0.6 is 11.6 Å². The molecular weight excluding hydrogens is 270 g/mol. The summed E-state index contributed by atoms with van der Waals surface area (Å²) in [4.78, 5) is 18.2. The monoisotopic (exact) mass is 285 g/mol. The van der Waals surface area contributed by atoms with E-state index in [1.165, 1.54) is 31.5 Å². The van der Waals surface area contributed by atoms with Crippen molar-refractivity contribution in [1.82, 2.24) is 5.32 Å². The molecule has 104 valence electrons. The second kappa shape index (κ2) is 7.76. The zero-order valence-corrected chi connectivity index (χ0v) is 11.1. The number of carboxylic acids is 2. The summed E-state index contributed by atoms with van der Waals surface area (Å²) in [5.74, 6) is -2.83. The van der Waals surface area contributed by atoms with Crippen LogP contribution in [-0.2, 0) is 16.0 Å². The van der Waals surface area contributed by atoms with Crippen molar-refractivity contribution in [2.75, 3.05) is 13.1 Å². The summed E-state index contributed by atoms with van der Waals surface area (Å²) < 4.78 is 0. The van der Waals surface area contributed by atoms with E-state index in [0.717, 1.165) is 10.9 Å². The average molecular weight is 286 g/mol. The summed E-state index contributed by atoms with van der Waals surface area (Å²) in [5.41, 5.74) is 1.40. The van der Waals surface area contributed by atoms with Crippen molar-refractivity contribution in [2.45, 2.75) is 12.8 Å². The Morgan fingerprint density at radius 1 is 1.21 bits per heavy atom. The van der Waals surface area contributed by atoms with Gasteiger partial charge in [0.15, 0.2) is 0 Å². The van der Waals surface area contributed by atoms with Crippen LogP contribution in [0.4, 0.5) is 0 Å². The molecule has 5 nitrogen and oxygen atoms in total. The molecule has 1 fully saturated rings. The van der Waals surface area contributed by atoms with Crippen molar-refractivity contribution in [3.63, 3.8) is 0 Å². The zero-order valence-electron chi connectivity index (χ0n) is 10.3. The molecule has 3 N–H and O–H groups in total. The molecule has 1 heterocycles. The third kappa shape index (κ3) is 6.22. The Bertz CT molecular complexity index is 415. The van der Waals surface area contributed by atoms with Crippen LogP contribution in [0.2, 0.25) is 5.02 Å². The van der Waals surface area contributed by atoms with Gasteiger partial charge in [-0.2, -0.15) is 0 Å². The van der Waals surface area contributed by atoms with E-state index in [4.69, 9.17) is 31.4 Å². The molecule has 0 amide bonds. The van der Waals surface area contributed by atoms with Gasteiger partial charge in [-0.05, 0) is 49.5 Å². The average Bonchev–Trinajstić information content (AvgIpc) is 2.85. The third-order valence-corrected chi connectivity index (χ3v) is 3.03. The SMILES string of the molecule is Clc1ccc(CC2CCNC2)cc1.O=C(O)C(=O)O. The maximum absolute atomic E-state index is 9.10. The molecule has 1 aliphatic heterocycles. The summed E-state index contributed by atoms with van der Waals surface area (Å²) in [6.45, 7) is 2.35. The first-order valence-electron chi connectivity index (χ1n) is 5.90. The second-order valence-corrected chi connectivity index (χ2v) is 4.74. The number of nitrogens with one attached hydrogen (secondary N) is 1. The van der Waals surface area contributed by atoms with Crippen molar-refractivity contribution in [1.29, 1.82) is 0 Å². The Balaban J connectivity index is 0.000000258. The fraction of sp³-hybridized carbons (Fsp3) is 0.385. The maximum Gasteiger partial charge on any atom is 0.414 e. The van der Waals surface area contributed by atoms with E-state index >= 15 is 0 Å². The van der Waals surface area contributed by atoms with E-state index in [2.05, 4.69) is 17.4 Å². The molecule has 6 heteroatoms. The number of benzene rings is 1. The molecule has 19 heavy (non-hydrogen) atoms. The van der Waals surface area contributed by atoms with Crippen molar-refractivity contribution in [2.24, 2.45) is 5.92 Å². The van der Waals surface area contributed by atoms with Gasteiger partial charge >= 0.3 is 11.9 Å². The topological polar surface area (TPSA) is 86.6 Å². The number of hydrogen-bond donors (Lipinski definition) is 3. The van der Waals surface area contributed by atoms with Crippen LogP contribution in [0.25, 0.3) is 0 Å². The van der Waals surface area contributed by atoms with Crippen LogP contribution in [-0.4, -0.2) is 35.2 Å². The van der Waals surface area contributed by atoms with Gasteiger partial charge in [-0.3, -0.25) is 0 Å². The molecule has 0 aliphatic carbocycles. The number of carbonyl (C=O) groups is 2. The number of hydrogen-bond acceptors (Lipinski definition) is 3. The number of aliphatic carboxylic acids is 2. The number of rotatable bonds is 2. The highest BCUT2D eigenvalue weighted by Crippen LogP contribution is 2.16. The quantitative estimate of drug-likeness (QED) is 0.719. The molecule has 1 aromatic rings. The normalized spacial score (nSPS) is 17.4. The van der Waals surface area contributed by atoms with Crippen LogP contribution in [0.1, 0.15) is 12.0 Å². The highest BCUT2D eigenvalue weighted by molar-refractivity contribution is 6.30. The van der Waals surface area contributed by atoms with Gasteiger partial charge in [0.1, 0.15) is 0 Å². The summed E-state index contributed by atoms with van der Waals surface area (Å²) >= 11 is 5.82. The van der Waals surface area contributed by atoms with Gasteiger partial charge in [0.25, 0.3) is 0 Å². The lowest BCUT2D eigenvalue weighted by atomic mass is 9.99. The molecule has 0 spiro atoms. The van der Waals surface area contributed by atoms with Gasteiger partial charge in [0, 0.05) is 5.02 Å². The Hall–Kier alpha value is -1.59. The Morgan fingerprint density at radius 3 is 2.21 bits per heavy atom. The van der Waals surface area contributed by atoms with Crippen molar-refractivity contribution in [3.8, 4) is 0 Å². The van der Waals surface area contributed by atoms with Gasteiger partial charge in [-0.25, -0.2) is 9.59 Å². The minimum atomic E-state index is -1.82. The van der Waals surface area contributed by atoms with Crippen molar-refractivity contribution in [3.05, 3.63) is 34.9 Å². The lowest BCUT2D eigenvalue weighted by Crippen LogP contribution is -2.10. The number of halogens is 1. The van der Waals surface area contributed by atoms with Crippen LogP contribution in [0.3, 0.4) is 0 Å². The van der Waals surface area contributed by atoms with Crippen LogP contribution in [0, 0.1) is 5.92 Å². The van der Waals surface area contributed by atoms with E-state index in [0.29, 0.717) is 0 Å². The van der Waals surface area contributed by atoms with Gasteiger partial charge in [0.05, 0.1) is 0 Å². The van der Waals surface area contributed by atoms with Crippen LogP contribution < -0.4 is 5.32 Å². The Labute approximate surface area is 116 Å². The fourth-order valence-electron chi connectivity index (χ4n) is 1.84. The lowest BCUT2D eigenvalue weighted by Gasteiger charge is -2.07. The van der Waals surface area contributed by atoms with E-state index < -0.39 is 11.9 Å². The molecule has 0 saturated carbocycles. The number of carboxylic acid groups (broad SMARTS) is 2. The lowest BCUT2D eigenvalue weighted by molar-refractivity contribution is -0.159. The molecule has 1 aromatic carbocycles. The molecule has 1 unspecified atom stereocenters. The molecule has 1 saturated heterocycles. The molecule has 0 bridgehead atoms. The van der Waals surface area contributed by atoms with E-state index in [1.807, 2.05) is 12.1 Å². The van der Waals surface area contributed by atoms with Crippen LogP contribution in [0.5, 0.6) is 0 Å². The largest absolute Gasteiger partial charge is 0.473 e. The highest BCUT2D eigenvalue weighted by atomic mass is 35.5. The molecular formula is C13H16ClNO4. The molecule has 1 aliphatic rings. The summed E-state index contributed by atoms with van der Waals surface area (Å²) in [6.07, 6.45) is 2.49. The zero-order chi connectivity index (χ0) is 14.3. The predicted molar refractivity (Wildman–Crippen MR) is 71.4 cm³/mol. The minimum absolute atomic E-state index is 0.821. The highest BCUT2D eigenvalue weighted by Gasteiger charge is 2.14. The smallest absolute Gasteiger partial charge is 0.414 e. The Kier molecular flexibility index (Phi) is 6.32. The standard InChI is InChI=1S/C11H14ClN.C2H2O4/c12-11-3-1-9(2-4-11)7-10-5-6-13-8-10;3-1(4)2(5)6/h1-4,10,13H,5-8H2;(H,3,4)(H,5,6). The molecule has 0 aromatic heterocycles. The first-order valence-corrected chi connectivity index (χ1v) is 6.28. The van der Waals surface area contributed by atoms with E-state index in [-0.39, 0.29) is 0 Å². The molecule has 1 atom stereocenters. The van der Waals surface area contributed by atoms with Gasteiger partial charge < -0.3 is 15.5 Å². The maximum atomic E-state index is 9.10. The van der Waals surface area contributed by atoms with Gasteiger partial charge in [-0.1, -0.05) is 23.7 Å². The minimum Gasteiger partial charge on any atom is -0.473 e. The molecule has 2 rings (SSSR count). The van der Waals surface area contributed by atoms with Crippen molar-refractivity contribution < 1.29 is 19.8 Å². The summed E-state index contributed by atoms with van der Waals surface area (Å²) in [5, 5.41) is 19.0. The third-order valence-electron chi connectivity index (χ3n) is 2.78. The van der Waals surface area contributed by atoms with E-state index in [1.54, 1.807) is 0 Å². The first-order chi connectivity index (χ1) is 8.99. The second-order valence-electron chi connectivity index (χ2n) is 4.30. The van der Waals surface area contributed by atoms with E-state index in [9.17, 15) is 0 Å². The van der Waals surface area contributed by atoms with Crippen molar-refractivity contribution >= 4 is 23.5 Å². The van der Waals surface area contributed by atoms with Gasteiger partial charge in [-0.15, -0.1) is 0 Å². The van der Waals surface area contributed by atoms with Gasteiger partial charge in [0.2, 0.25) is 0 Å². The Morgan fingerprint density at radius 2 is 1.79 bits per heavy atom. The predicted octanol–water partition coefficient (Wildman–Crippen LogP) is 1.65. The molecule has 0 radical (unpaired) electrons. The first kappa shape index (κ1) is 15.5. The summed E-state index contributed by atoms with van der Waals surface area (Å²) in [6, 6.07) is 8.19. The fourth-order valence-corrected chi connectivity index (χ4v) is 1.97. The van der Waals surface area contributed by atoms with Crippen LogP contribution in [0.15, 0.2) is 24.3 Å².